The van der Waals surface area contributed by atoms with Gasteiger partial charge in [-0.15, -0.1) is 0 Å². The van der Waals surface area contributed by atoms with Crippen molar-refractivity contribution in [2.45, 2.75) is 25.9 Å². The molecule has 5 nitrogen and oxygen atoms in total. The summed E-state index contributed by atoms with van der Waals surface area (Å²) in [4.78, 5) is 19.5. The number of benzene rings is 2. The van der Waals surface area contributed by atoms with Crippen LogP contribution in [0.15, 0.2) is 54.6 Å². The van der Waals surface area contributed by atoms with Crippen LogP contribution in [0.5, 0.6) is 0 Å². The number of carbonyl (C=O) groups excluding carboxylic acids is 1. The van der Waals surface area contributed by atoms with Crippen molar-refractivity contribution in [3.8, 4) is 0 Å². The molecule has 0 aromatic heterocycles. The Kier molecular flexibility index (Phi) is 6.80. The van der Waals surface area contributed by atoms with E-state index in [2.05, 4.69) is 69.7 Å². The summed E-state index contributed by atoms with van der Waals surface area (Å²) in [5.74, 6) is 0. The second-order valence-corrected chi connectivity index (χ2v) is 8.13. The monoisotopic (exact) mass is 392 g/mol. The highest BCUT2D eigenvalue weighted by Crippen LogP contribution is 2.18. The van der Waals surface area contributed by atoms with Crippen molar-refractivity contribution >= 4 is 6.03 Å². The van der Waals surface area contributed by atoms with Gasteiger partial charge in [0.05, 0.1) is 0 Å². The van der Waals surface area contributed by atoms with E-state index < -0.39 is 0 Å². The molecule has 1 N–H and O–H groups in total. The number of fused-ring (bicyclic) bond motifs is 1. The van der Waals surface area contributed by atoms with Crippen molar-refractivity contribution in [3.05, 3.63) is 71.3 Å². The van der Waals surface area contributed by atoms with Gasteiger partial charge in [-0.25, -0.2) is 4.79 Å². The molecule has 2 aliphatic heterocycles. The van der Waals surface area contributed by atoms with Crippen LogP contribution in [0.3, 0.4) is 0 Å². The minimum Gasteiger partial charge on any atom is -0.338 e. The molecule has 0 saturated carbocycles. The van der Waals surface area contributed by atoms with Crippen LogP contribution in [0.1, 0.15) is 23.1 Å². The van der Waals surface area contributed by atoms with E-state index >= 15 is 0 Å². The molecule has 5 heteroatoms. The Hall–Kier alpha value is -2.37. The first kappa shape index (κ1) is 19.9. The number of urea groups is 1. The van der Waals surface area contributed by atoms with Crippen molar-refractivity contribution in [3.63, 3.8) is 0 Å². The summed E-state index contributed by atoms with van der Waals surface area (Å²) in [6, 6.07) is 19.2. The maximum absolute atomic E-state index is 12.5. The third-order valence-electron chi connectivity index (χ3n) is 6.06. The Morgan fingerprint density at radius 1 is 0.828 bits per heavy atom. The summed E-state index contributed by atoms with van der Waals surface area (Å²) >= 11 is 0. The second-order valence-electron chi connectivity index (χ2n) is 8.13. The van der Waals surface area contributed by atoms with Gasteiger partial charge in [0.15, 0.2) is 0 Å². The van der Waals surface area contributed by atoms with Gasteiger partial charge in [0, 0.05) is 52.4 Å². The first-order chi connectivity index (χ1) is 14.3. The van der Waals surface area contributed by atoms with Gasteiger partial charge in [-0.2, -0.15) is 0 Å². The highest BCUT2D eigenvalue weighted by atomic mass is 16.2. The number of nitrogens with one attached hydrogen (secondary N) is 1. The lowest BCUT2D eigenvalue weighted by atomic mass is 10.0. The number of hydrogen-bond donors (Lipinski definition) is 1. The molecule has 2 aliphatic rings. The van der Waals surface area contributed by atoms with E-state index in [4.69, 9.17) is 0 Å². The molecule has 2 amide bonds. The van der Waals surface area contributed by atoms with E-state index in [0.29, 0.717) is 0 Å². The van der Waals surface area contributed by atoms with Crippen LogP contribution in [0.4, 0.5) is 4.79 Å². The van der Waals surface area contributed by atoms with Crippen molar-refractivity contribution in [1.82, 2.24) is 20.0 Å². The van der Waals surface area contributed by atoms with Crippen molar-refractivity contribution < 1.29 is 4.79 Å². The fourth-order valence-electron chi connectivity index (χ4n) is 4.29. The molecule has 0 bridgehead atoms. The molecule has 29 heavy (non-hydrogen) atoms. The molecular weight excluding hydrogens is 360 g/mol. The molecular formula is C24H32N4O. The molecule has 4 rings (SSSR count). The van der Waals surface area contributed by atoms with Crippen LogP contribution in [-0.4, -0.2) is 66.5 Å². The first-order valence-corrected chi connectivity index (χ1v) is 10.9. The standard InChI is InChI=1S/C24H32N4O/c29-24(28-14-11-22-9-4-5-10-23(22)20-28)25-12-6-13-26-15-17-27(18-16-26)19-21-7-2-1-3-8-21/h1-5,7-10H,6,11-20H2,(H,25,29). The van der Waals surface area contributed by atoms with Gasteiger partial charge in [0.2, 0.25) is 0 Å². The van der Waals surface area contributed by atoms with Crippen LogP contribution in [0.25, 0.3) is 0 Å². The largest absolute Gasteiger partial charge is 0.338 e. The Morgan fingerprint density at radius 2 is 1.52 bits per heavy atom. The van der Waals surface area contributed by atoms with Gasteiger partial charge in [0.25, 0.3) is 0 Å². The molecule has 1 saturated heterocycles. The minimum absolute atomic E-state index is 0.0761. The first-order valence-electron chi connectivity index (χ1n) is 10.9. The zero-order valence-corrected chi connectivity index (χ0v) is 17.2. The maximum Gasteiger partial charge on any atom is 0.317 e. The van der Waals surface area contributed by atoms with Crippen LogP contribution < -0.4 is 5.32 Å². The number of nitrogens with zero attached hydrogens (tertiary/aromatic N) is 3. The van der Waals surface area contributed by atoms with Gasteiger partial charge < -0.3 is 15.1 Å². The van der Waals surface area contributed by atoms with E-state index in [-0.39, 0.29) is 6.03 Å². The third kappa shape index (κ3) is 5.58. The van der Waals surface area contributed by atoms with Crippen LogP contribution in [0, 0.1) is 0 Å². The zero-order valence-electron chi connectivity index (χ0n) is 17.2. The Labute approximate surface area is 174 Å². The molecule has 2 aromatic carbocycles. The fourth-order valence-corrected chi connectivity index (χ4v) is 4.29. The normalized spacial score (nSPS) is 17.7. The quantitative estimate of drug-likeness (QED) is 0.769. The lowest BCUT2D eigenvalue weighted by Crippen LogP contribution is -2.47. The summed E-state index contributed by atoms with van der Waals surface area (Å²) in [5.41, 5.74) is 4.05. The lowest BCUT2D eigenvalue weighted by molar-refractivity contribution is 0.126. The van der Waals surface area contributed by atoms with Gasteiger partial charge >= 0.3 is 6.03 Å². The number of hydrogen-bond acceptors (Lipinski definition) is 3. The van der Waals surface area contributed by atoms with Crippen molar-refractivity contribution in [2.75, 3.05) is 45.8 Å². The highest BCUT2D eigenvalue weighted by molar-refractivity contribution is 5.74. The summed E-state index contributed by atoms with van der Waals surface area (Å²) in [7, 11) is 0. The Morgan fingerprint density at radius 3 is 2.31 bits per heavy atom. The van der Waals surface area contributed by atoms with E-state index in [0.717, 1.165) is 71.7 Å². The van der Waals surface area contributed by atoms with E-state index in [1.165, 1.54) is 16.7 Å². The number of rotatable bonds is 6. The lowest BCUT2D eigenvalue weighted by Gasteiger charge is -2.34. The Balaban J connectivity index is 1.11. The van der Waals surface area contributed by atoms with Crippen LogP contribution >= 0.6 is 0 Å². The SMILES string of the molecule is O=C(NCCCN1CCN(Cc2ccccc2)CC1)N1CCc2ccccc2C1. The van der Waals surface area contributed by atoms with Gasteiger partial charge in [-0.05, 0) is 36.1 Å². The fraction of sp³-hybridized carbons (Fsp3) is 0.458. The molecule has 0 spiro atoms. The summed E-state index contributed by atoms with van der Waals surface area (Å²) in [6.07, 6.45) is 1.96. The van der Waals surface area contributed by atoms with E-state index in [9.17, 15) is 4.79 Å². The molecule has 0 radical (unpaired) electrons. The highest BCUT2D eigenvalue weighted by Gasteiger charge is 2.20. The summed E-state index contributed by atoms with van der Waals surface area (Å²) < 4.78 is 0. The molecule has 2 aromatic rings. The number of carbonyl (C=O) groups is 1. The smallest absolute Gasteiger partial charge is 0.317 e. The molecule has 1 fully saturated rings. The van der Waals surface area contributed by atoms with Crippen molar-refractivity contribution in [2.24, 2.45) is 0 Å². The average molecular weight is 393 g/mol. The van der Waals surface area contributed by atoms with Gasteiger partial charge in [-0.1, -0.05) is 54.6 Å². The Bertz CT molecular complexity index is 786. The minimum atomic E-state index is 0.0761. The molecule has 0 unspecified atom stereocenters. The summed E-state index contributed by atoms with van der Waals surface area (Å²) in [6.45, 7) is 8.86. The maximum atomic E-state index is 12.5. The van der Waals surface area contributed by atoms with E-state index in [1.54, 1.807) is 0 Å². The van der Waals surface area contributed by atoms with Gasteiger partial charge in [0.1, 0.15) is 0 Å². The predicted molar refractivity (Wildman–Crippen MR) is 117 cm³/mol. The second kappa shape index (κ2) is 9.90. The predicted octanol–water partition coefficient (Wildman–Crippen LogP) is 2.96. The number of amides is 2. The van der Waals surface area contributed by atoms with E-state index in [1.807, 2.05) is 4.90 Å². The third-order valence-corrected chi connectivity index (χ3v) is 6.06. The van der Waals surface area contributed by atoms with Crippen LogP contribution in [-0.2, 0) is 19.5 Å². The summed E-state index contributed by atoms with van der Waals surface area (Å²) in [5, 5.41) is 3.11. The molecule has 0 atom stereocenters. The van der Waals surface area contributed by atoms with Crippen molar-refractivity contribution in [1.29, 1.82) is 0 Å². The molecule has 0 aliphatic carbocycles. The molecule has 2 heterocycles. The molecule has 154 valence electrons. The average Bonchev–Trinajstić information content (AvgIpc) is 2.78. The zero-order chi connectivity index (χ0) is 19.9. The topological polar surface area (TPSA) is 38.8 Å². The number of piperazine rings is 1. The van der Waals surface area contributed by atoms with Gasteiger partial charge in [-0.3, -0.25) is 4.90 Å². The van der Waals surface area contributed by atoms with Crippen LogP contribution in [0.2, 0.25) is 0 Å².